The molecular weight excluding hydrogens is 356 g/mol. The van der Waals surface area contributed by atoms with Gasteiger partial charge in [0.15, 0.2) is 0 Å². The third-order valence-corrected chi connectivity index (χ3v) is 5.41. The van der Waals surface area contributed by atoms with Crippen LogP contribution in [-0.2, 0) is 11.2 Å². The average Bonchev–Trinajstić information content (AvgIpc) is 2.64. The van der Waals surface area contributed by atoms with Crippen molar-refractivity contribution >= 4 is 16.9 Å². The van der Waals surface area contributed by atoms with Crippen molar-refractivity contribution in [1.29, 1.82) is 0 Å². The molecular formula is C23H24O5. The van der Waals surface area contributed by atoms with Crippen molar-refractivity contribution in [2.24, 2.45) is 0 Å². The summed E-state index contributed by atoms with van der Waals surface area (Å²) < 4.78 is 5.59. The summed E-state index contributed by atoms with van der Waals surface area (Å²) in [6.45, 7) is 7.60. The van der Waals surface area contributed by atoms with Crippen molar-refractivity contribution in [2.45, 2.75) is 46.5 Å². The normalized spacial score (nSPS) is 12.3. The average molecular weight is 380 g/mol. The lowest BCUT2D eigenvalue weighted by atomic mass is 9.87. The van der Waals surface area contributed by atoms with Crippen molar-refractivity contribution < 1.29 is 19.4 Å². The molecule has 0 aliphatic heterocycles. The minimum Gasteiger partial charge on any atom is -0.507 e. The van der Waals surface area contributed by atoms with Gasteiger partial charge in [-0.15, -0.1) is 0 Å². The number of benzene rings is 2. The Morgan fingerprint density at radius 3 is 2.32 bits per heavy atom. The summed E-state index contributed by atoms with van der Waals surface area (Å²) >= 11 is 0. The number of carboxylic acid groups (broad SMARTS) is 1. The van der Waals surface area contributed by atoms with E-state index in [-0.39, 0.29) is 17.7 Å². The first kappa shape index (κ1) is 19.7. The zero-order chi connectivity index (χ0) is 20.6. The third-order valence-electron chi connectivity index (χ3n) is 5.41. The summed E-state index contributed by atoms with van der Waals surface area (Å²) in [6.07, 6.45) is 0.532. The first-order valence-corrected chi connectivity index (χ1v) is 9.31. The second-order valence-corrected chi connectivity index (χ2v) is 7.24. The van der Waals surface area contributed by atoms with Crippen LogP contribution in [0.3, 0.4) is 0 Å². The van der Waals surface area contributed by atoms with Crippen molar-refractivity contribution in [2.75, 3.05) is 0 Å². The lowest BCUT2D eigenvalue weighted by Crippen LogP contribution is -2.17. The Morgan fingerprint density at radius 1 is 1.11 bits per heavy atom. The molecule has 0 saturated heterocycles. The molecule has 0 bridgehead atoms. The Bertz CT molecular complexity index is 1110. The highest BCUT2D eigenvalue weighted by atomic mass is 16.4. The van der Waals surface area contributed by atoms with Crippen LogP contribution in [0.5, 0.6) is 5.75 Å². The molecule has 3 rings (SSSR count). The minimum absolute atomic E-state index is 0.00879. The monoisotopic (exact) mass is 380 g/mol. The van der Waals surface area contributed by atoms with Gasteiger partial charge >= 0.3 is 11.6 Å². The SMILES string of the molecule is CCc1ccc([C@H](CC(=O)O)c2c(O)c3c(C)cc(C)c(C)c3oc2=O)cc1. The second-order valence-electron chi connectivity index (χ2n) is 7.24. The number of carboxylic acids is 1. The fourth-order valence-electron chi connectivity index (χ4n) is 3.71. The van der Waals surface area contributed by atoms with E-state index in [0.29, 0.717) is 16.5 Å². The van der Waals surface area contributed by atoms with Crippen LogP contribution in [0, 0.1) is 20.8 Å². The number of fused-ring (bicyclic) bond motifs is 1. The molecule has 1 atom stereocenters. The number of aryl methyl sites for hydroxylation is 4. The topological polar surface area (TPSA) is 87.7 Å². The highest BCUT2D eigenvalue weighted by Gasteiger charge is 2.28. The maximum absolute atomic E-state index is 12.8. The molecule has 3 aromatic rings. The van der Waals surface area contributed by atoms with Crippen molar-refractivity contribution in [3.63, 3.8) is 0 Å². The smallest absolute Gasteiger partial charge is 0.343 e. The van der Waals surface area contributed by atoms with Gasteiger partial charge in [0.25, 0.3) is 0 Å². The van der Waals surface area contributed by atoms with E-state index in [2.05, 4.69) is 0 Å². The van der Waals surface area contributed by atoms with Gasteiger partial charge in [0.2, 0.25) is 0 Å². The molecule has 0 aliphatic rings. The van der Waals surface area contributed by atoms with Gasteiger partial charge in [-0.2, -0.15) is 0 Å². The summed E-state index contributed by atoms with van der Waals surface area (Å²) in [4.78, 5) is 24.3. The number of carbonyl (C=O) groups is 1. The van der Waals surface area contributed by atoms with E-state index in [4.69, 9.17) is 4.42 Å². The molecule has 0 radical (unpaired) electrons. The van der Waals surface area contributed by atoms with E-state index in [1.165, 1.54) is 0 Å². The first-order valence-electron chi connectivity index (χ1n) is 9.31. The fourth-order valence-corrected chi connectivity index (χ4v) is 3.71. The number of rotatable bonds is 5. The maximum atomic E-state index is 12.8. The van der Waals surface area contributed by atoms with E-state index in [0.717, 1.165) is 28.7 Å². The Morgan fingerprint density at radius 2 is 1.75 bits per heavy atom. The van der Waals surface area contributed by atoms with Gasteiger partial charge in [-0.1, -0.05) is 37.3 Å². The molecule has 2 aromatic carbocycles. The number of hydrogen-bond acceptors (Lipinski definition) is 4. The molecule has 0 saturated carbocycles. The lowest BCUT2D eigenvalue weighted by molar-refractivity contribution is -0.137. The Labute approximate surface area is 163 Å². The Hall–Kier alpha value is -3.08. The van der Waals surface area contributed by atoms with Crippen LogP contribution in [-0.4, -0.2) is 16.2 Å². The molecule has 0 spiro atoms. The fraction of sp³-hybridized carbons (Fsp3) is 0.304. The predicted molar refractivity (Wildman–Crippen MR) is 108 cm³/mol. The summed E-state index contributed by atoms with van der Waals surface area (Å²) in [6, 6.07) is 9.35. The maximum Gasteiger partial charge on any atom is 0.343 e. The van der Waals surface area contributed by atoms with Crippen LogP contribution >= 0.6 is 0 Å². The zero-order valence-corrected chi connectivity index (χ0v) is 16.5. The molecule has 2 N–H and O–H groups in total. The van der Waals surface area contributed by atoms with Crippen molar-refractivity contribution in [3.8, 4) is 5.75 Å². The van der Waals surface area contributed by atoms with Crippen LogP contribution in [0.2, 0.25) is 0 Å². The van der Waals surface area contributed by atoms with E-state index in [1.54, 1.807) is 0 Å². The quantitative estimate of drug-likeness (QED) is 0.632. The van der Waals surface area contributed by atoms with E-state index in [1.807, 2.05) is 58.0 Å². The molecule has 28 heavy (non-hydrogen) atoms. The second kappa shape index (κ2) is 7.50. The summed E-state index contributed by atoms with van der Waals surface area (Å²) in [5, 5.41) is 20.9. The van der Waals surface area contributed by atoms with E-state index < -0.39 is 17.5 Å². The van der Waals surface area contributed by atoms with Crippen LogP contribution < -0.4 is 5.63 Å². The molecule has 5 nitrogen and oxygen atoms in total. The highest BCUT2D eigenvalue weighted by molar-refractivity contribution is 5.91. The molecule has 5 heteroatoms. The molecule has 1 aromatic heterocycles. The van der Waals surface area contributed by atoms with Gasteiger partial charge in [0.05, 0.1) is 17.4 Å². The van der Waals surface area contributed by atoms with Gasteiger partial charge in [-0.25, -0.2) is 4.79 Å². The molecule has 1 heterocycles. The van der Waals surface area contributed by atoms with Crippen molar-refractivity contribution in [1.82, 2.24) is 0 Å². The number of hydrogen-bond donors (Lipinski definition) is 2. The van der Waals surface area contributed by atoms with Crippen LogP contribution in [0.4, 0.5) is 0 Å². The zero-order valence-electron chi connectivity index (χ0n) is 16.5. The van der Waals surface area contributed by atoms with Crippen LogP contribution in [0.1, 0.15) is 52.6 Å². The van der Waals surface area contributed by atoms with Gasteiger partial charge in [0, 0.05) is 5.92 Å². The third kappa shape index (κ3) is 3.40. The number of aliphatic carboxylic acids is 1. The molecule has 0 fully saturated rings. The van der Waals surface area contributed by atoms with Crippen molar-refractivity contribution in [3.05, 3.63) is 74.1 Å². The summed E-state index contributed by atoms with van der Waals surface area (Å²) in [7, 11) is 0. The minimum atomic E-state index is -1.06. The molecule has 146 valence electrons. The summed E-state index contributed by atoms with van der Waals surface area (Å²) in [5.74, 6) is -2.05. The van der Waals surface area contributed by atoms with Gasteiger partial charge in [-0.3, -0.25) is 4.79 Å². The predicted octanol–water partition coefficient (Wildman–Crippen LogP) is 4.59. The summed E-state index contributed by atoms with van der Waals surface area (Å²) in [5.41, 5.74) is 3.90. The molecule has 0 amide bonds. The van der Waals surface area contributed by atoms with Gasteiger partial charge in [0.1, 0.15) is 11.3 Å². The lowest BCUT2D eigenvalue weighted by Gasteiger charge is -2.19. The van der Waals surface area contributed by atoms with Gasteiger partial charge < -0.3 is 14.6 Å². The van der Waals surface area contributed by atoms with Gasteiger partial charge in [-0.05, 0) is 55.0 Å². The number of aromatic hydroxyl groups is 1. The van der Waals surface area contributed by atoms with Crippen LogP contribution in [0.25, 0.3) is 11.0 Å². The standard InChI is InChI=1S/C23H24O5/c1-5-15-6-8-16(9-7-15)17(11-18(24)25)20-21(26)19-13(3)10-12(2)14(4)22(19)28-23(20)27/h6-10,17,26H,5,11H2,1-4H3,(H,24,25)/t17-/m0/s1. The first-order chi connectivity index (χ1) is 13.2. The Balaban J connectivity index is 2.30. The largest absolute Gasteiger partial charge is 0.507 e. The van der Waals surface area contributed by atoms with Crippen LogP contribution in [0.15, 0.2) is 39.5 Å². The molecule has 0 aliphatic carbocycles. The highest BCUT2D eigenvalue weighted by Crippen LogP contribution is 2.39. The molecule has 0 unspecified atom stereocenters. The van der Waals surface area contributed by atoms with E-state index >= 15 is 0 Å². The van der Waals surface area contributed by atoms with E-state index in [9.17, 15) is 19.8 Å². The Kier molecular flexibility index (Phi) is 5.27.